The molecule has 1 aromatic rings. The molecule has 0 saturated carbocycles. The molecule has 0 aliphatic carbocycles. The minimum Gasteiger partial charge on any atom is -0.480 e. The van der Waals surface area contributed by atoms with E-state index in [1.807, 2.05) is 46.8 Å². The Morgan fingerprint density at radius 1 is 1.19 bits per heavy atom. The van der Waals surface area contributed by atoms with E-state index in [1.54, 1.807) is 0 Å². The minimum absolute atomic E-state index is 0.0110. The van der Waals surface area contributed by atoms with Gasteiger partial charge in [0.25, 0.3) is 0 Å². The van der Waals surface area contributed by atoms with E-state index in [1.165, 1.54) is 11.8 Å². The van der Waals surface area contributed by atoms with Crippen molar-refractivity contribution in [1.82, 2.24) is 0 Å². The minimum atomic E-state index is -0.870. The van der Waals surface area contributed by atoms with Gasteiger partial charge in [-0.25, -0.2) is 0 Å². The van der Waals surface area contributed by atoms with E-state index in [0.717, 1.165) is 22.4 Å². The van der Waals surface area contributed by atoms with Crippen LogP contribution >= 0.6 is 11.8 Å². The Labute approximate surface area is 130 Å². The Hall–Kier alpha value is -1.49. The Balaban J connectivity index is 2.69. The number of hydrogen-bond donors (Lipinski definition) is 2. The molecule has 1 aromatic carbocycles. The molecule has 2 N–H and O–H groups in total. The summed E-state index contributed by atoms with van der Waals surface area (Å²) < 4.78 is 0. The summed E-state index contributed by atoms with van der Waals surface area (Å²) >= 11 is 1.17. The van der Waals surface area contributed by atoms with E-state index >= 15 is 0 Å². The molecule has 0 heterocycles. The molecule has 0 aliphatic rings. The van der Waals surface area contributed by atoms with Crippen LogP contribution in [0.25, 0.3) is 0 Å². The van der Waals surface area contributed by atoms with E-state index < -0.39 is 11.2 Å². The quantitative estimate of drug-likeness (QED) is 0.845. The van der Waals surface area contributed by atoms with Crippen LogP contribution in [0.4, 0.5) is 5.69 Å². The maximum absolute atomic E-state index is 12.0. The normalized spacial score (nSPS) is 12.3. The van der Waals surface area contributed by atoms with Gasteiger partial charge >= 0.3 is 5.97 Å². The fraction of sp³-hybridized carbons (Fsp3) is 0.500. The van der Waals surface area contributed by atoms with Crippen molar-refractivity contribution >= 4 is 29.3 Å². The number of carboxylic acid groups (broad SMARTS) is 1. The fourth-order valence-electron chi connectivity index (χ4n) is 2.27. The second-order valence-electron chi connectivity index (χ2n) is 5.64. The highest BCUT2D eigenvalue weighted by Gasteiger charge is 2.23. The van der Waals surface area contributed by atoms with Crippen LogP contribution in [-0.4, -0.2) is 28.0 Å². The largest absolute Gasteiger partial charge is 0.480 e. The van der Waals surface area contributed by atoms with Crippen LogP contribution in [0.5, 0.6) is 0 Å². The molecule has 21 heavy (non-hydrogen) atoms. The van der Waals surface area contributed by atoms with Gasteiger partial charge in [0.05, 0.1) is 5.75 Å². The van der Waals surface area contributed by atoms with Gasteiger partial charge in [0, 0.05) is 5.69 Å². The first-order valence-corrected chi connectivity index (χ1v) is 7.99. The molecule has 116 valence electrons. The number of anilines is 1. The van der Waals surface area contributed by atoms with Gasteiger partial charge in [-0.05, 0) is 37.8 Å². The number of thioether (sulfide) groups is 1. The third-order valence-corrected chi connectivity index (χ3v) is 4.72. The lowest BCUT2D eigenvalue weighted by Crippen LogP contribution is -2.26. The summed E-state index contributed by atoms with van der Waals surface area (Å²) in [6.07, 6.45) is 0. The topological polar surface area (TPSA) is 66.4 Å². The van der Waals surface area contributed by atoms with Crippen molar-refractivity contribution in [2.45, 2.75) is 39.9 Å². The molecule has 1 amide bonds. The second kappa shape index (κ2) is 7.50. The predicted octanol–water partition coefficient (Wildman–Crippen LogP) is 3.39. The summed E-state index contributed by atoms with van der Waals surface area (Å²) in [5, 5.41) is 11.4. The third kappa shape index (κ3) is 5.08. The molecule has 4 nitrogen and oxygen atoms in total. The Morgan fingerprint density at radius 2 is 1.71 bits per heavy atom. The molecular weight excluding hydrogens is 286 g/mol. The first-order valence-electron chi connectivity index (χ1n) is 6.94. The summed E-state index contributed by atoms with van der Waals surface area (Å²) in [6.45, 7) is 9.62. The highest BCUT2D eigenvalue weighted by Crippen LogP contribution is 2.23. The van der Waals surface area contributed by atoms with Gasteiger partial charge in [-0.1, -0.05) is 31.5 Å². The number of carboxylic acids is 1. The lowest BCUT2D eigenvalue weighted by atomic mass is 10.1. The zero-order valence-electron chi connectivity index (χ0n) is 13.2. The van der Waals surface area contributed by atoms with Crippen LogP contribution in [0.1, 0.15) is 30.5 Å². The molecule has 0 radical (unpaired) electrons. The van der Waals surface area contributed by atoms with Crippen LogP contribution in [0, 0.1) is 26.7 Å². The smallest absolute Gasteiger partial charge is 0.316 e. The Kier molecular flexibility index (Phi) is 6.27. The highest BCUT2D eigenvalue weighted by molar-refractivity contribution is 8.01. The summed E-state index contributed by atoms with van der Waals surface area (Å²) in [7, 11) is 0. The van der Waals surface area contributed by atoms with Crippen molar-refractivity contribution < 1.29 is 14.7 Å². The van der Waals surface area contributed by atoms with E-state index in [9.17, 15) is 9.59 Å². The Bertz CT molecular complexity index is 517. The van der Waals surface area contributed by atoms with Crippen molar-refractivity contribution in [3.63, 3.8) is 0 Å². The number of nitrogens with one attached hydrogen (secondary N) is 1. The number of hydrogen-bond acceptors (Lipinski definition) is 3. The molecular formula is C16H23NO3S. The van der Waals surface area contributed by atoms with Gasteiger partial charge in [0.15, 0.2) is 0 Å². The van der Waals surface area contributed by atoms with Crippen LogP contribution < -0.4 is 5.32 Å². The van der Waals surface area contributed by atoms with Crippen molar-refractivity contribution in [3.8, 4) is 0 Å². The lowest BCUT2D eigenvalue weighted by Gasteiger charge is -2.16. The zero-order chi connectivity index (χ0) is 16.2. The second-order valence-corrected chi connectivity index (χ2v) is 6.77. The number of aryl methyl sites for hydroxylation is 3. The standard InChI is InChI=1S/C16H23NO3S/c1-9(2)15(16(19)20)21-8-13(18)17-14-11(4)6-10(3)7-12(14)5/h6-7,9,15H,8H2,1-5H3,(H,17,18)(H,19,20). The van der Waals surface area contributed by atoms with Crippen molar-refractivity contribution in [3.05, 3.63) is 28.8 Å². The maximum atomic E-state index is 12.0. The monoisotopic (exact) mass is 309 g/mol. The molecule has 0 aromatic heterocycles. The first-order chi connectivity index (χ1) is 9.72. The first kappa shape index (κ1) is 17.6. The number of carbonyl (C=O) groups is 2. The molecule has 0 spiro atoms. The van der Waals surface area contributed by atoms with Gasteiger partial charge in [0.2, 0.25) is 5.91 Å². The summed E-state index contributed by atoms with van der Waals surface area (Å²) in [5.41, 5.74) is 4.01. The van der Waals surface area contributed by atoms with E-state index in [2.05, 4.69) is 5.32 Å². The van der Waals surface area contributed by atoms with E-state index in [-0.39, 0.29) is 17.6 Å². The molecule has 0 aliphatic heterocycles. The van der Waals surface area contributed by atoms with Crippen molar-refractivity contribution in [2.24, 2.45) is 5.92 Å². The van der Waals surface area contributed by atoms with E-state index in [4.69, 9.17) is 5.11 Å². The Morgan fingerprint density at radius 3 is 2.14 bits per heavy atom. The van der Waals surface area contributed by atoms with Crippen LogP contribution in [0.3, 0.4) is 0 Å². The number of amides is 1. The average molecular weight is 309 g/mol. The van der Waals surface area contributed by atoms with Crippen LogP contribution in [0.2, 0.25) is 0 Å². The number of rotatable bonds is 6. The molecule has 0 fully saturated rings. The zero-order valence-corrected chi connectivity index (χ0v) is 14.0. The van der Waals surface area contributed by atoms with E-state index in [0.29, 0.717) is 0 Å². The third-order valence-electron chi connectivity index (χ3n) is 3.18. The van der Waals surface area contributed by atoms with Crippen LogP contribution in [-0.2, 0) is 9.59 Å². The van der Waals surface area contributed by atoms with Crippen molar-refractivity contribution in [2.75, 3.05) is 11.1 Å². The van der Waals surface area contributed by atoms with Gasteiger partial charge in [-0.3, -0.25) is 9.59 Å². The molecule has 1 atom stereocenters. The molecule has 1 unspecified atom stereocenters. The lowest BCUT2D eigenvalue weighted by molar-refractivity contribution is -0.137. The molecule has 0 saturated heterocycles. The predicted molar refractivity (Wildman–Crippen MR) is 88.0 cm³/mol. The molecule has 1 rings (SSSR count). The number of aliphatic carboxylic acids is 1. The van der Waals surface area contributed by atoms with Gasteiger partial charge in [-0.15, -0.1) is 11.8 Å². The van der Waals surface area contributed by atoms with Gasteiger partial charge < -0.3 is 10.4 Å². The summed E-state index contributed by atoms with van der Waals surface area (Å²) in [5.74, 6) is -0.905. The van der Waals surface area contributed by atoms with Gasteiger partial charge in [-0.2, -0.15) is 0 Å². The molecule has 5 heteroatoms. The summed E-state index contributed by atoms with van der Waals surface area (Å²) in [6, 6.07) is 4.04. The molecule has 0 bridgehead atoms. The maximum Gasteiger partial charge on any atom is 0.316 e. The fourth-order valence-corrected chi connectivity index (χ4v) is 3.20. The number of benzene rings is 1. The van der Waals surface area contributed by atoms with Crippen molar-refractivity contribution in [1.29, 1.82) is 0 Å². The number of carbonyl (C=O) groups excluding carboxylic acids is 1. The highest BCUT2D eigenvalue weighted by atomic mass is 32.2. The average Bonchev–Trinajstić information content (AvgIpc) is 2.33. The summed E-state index contributed by atoms with van der Waals surface area (Å²) in [4.78, 5) is 23.1. The SMILES string of the molecule is Cc1cc(C)c(NC(=O)CSC(C(=O)O)C(C)C)c(C)c1. The van der Waals surface area contributed by atoms with Crippen LogP contribution in [0.15, 0.2) is 12.1 Å². The van der Waals surface area contributed by atoms with Gasteiger partial charge in [0.1, 0.15) is 5.25 Å².